The Bertz CT molecular complexity index is 575. The summed E-state index contributed by atoms with van der Waals surface area (Å²) in [6.07, 6.45) is 17.1. The van der Waals surface area contributed by atoms with Gasteiger partial charge in [-0.05, 0) is 86.8 Å². The Morgan fingerprint density at radius 1 is 0.821 bits per heavy atom. The third-order valence-corrected chi connectivity index (χ3v) is 7.45. The number of aryl methyl sites for hydroxylation is 1. The zero-order valence-corrected chi connectivity index (χ0v) is 18.1. The smallest absolute Gasteiger partial charge is 0.338 e. The summed E-state index contributed by atoms with van der Waals surface area (Å²) in [6.45, 7) is 4.62. The van der Waals surface area contributed by atoms with Crippen LogP contribution in [-0.2, 0) is 11.2 Å². The van der Waals surface area contributed by atoms with Crippen molar-refractivity contribution in [3.8, 4) is 0 Å². The van der Waals surface area contributed by atoms with Gasteiger partial charge in [-0.25, -0.2) is 4.79 Å². The van der Waals surface area contributed by atoms with Gasteiger partial charge in [-0.2, -0.15) is 0 Å². The molecule has 2 heteroatoms. The molecule has 0 heterocycles. The quantitative estimate of drug-likeness (QED) is 0.443. The molecule has 0 unspecified atom stereocenters. The van der Waals surface area contributed by atoms with E-state index in [2.05, 4.69) is 19.1 Å². The molecule has 0 aromatic heterocycles. The average molecular weight is 385 g/mol. The van der Waals surface area contributed by atoms with Crippen molar-refractivity contribution >= 4 is 5.97 Å². The first-order valence-electron chi connectivity index (χ1n) is 12.0. The highest BCUT2D eigenvalue weighted by molar-refractivity contribution is 5.89. The van der Waals surface area contributed by atoms with E-state index in [-0.39, 0.29) is 5.97 Å². The highest BCUT2D eigenvalue weighted by Gasteiger charge is 2.30. The van der Waals surface area contributed by atoms with Gasteiger partial charge in [-0.3, -0.25) is 0 Å². The molecular weight excluding hydrogens is 344 g/mol. The summed E-state index contributed by atoms with van der Waals surface area (Å²) in [5.41, 5.74) is 2.02. The van der Waals surface area contributed by atoms with Crippen LogP contribution in [-0.4, -0.2) is 12.6 Å². The van der Waals surface area contributed by atoms with E-state index in [0.717, 1.165) is 30.1 Å². The molecule has 3 rings (SSSR count). The standard InChI is InChI=1S/C26H40O2/c1-3-5-20-8-14-23(15-9-20)24-16-10-21(11-17-24)6-7-22-12-18-25(19-13-22)26(27)28-4-2/h12-13,18-21,23-24H,3-11,14-17H2,1-2H3/t20-,21?,23-,24?. The molecule has 0 atom stereocenters. The van der Waals surface area contributed by atoms with Crippen LogP contribution in [0, 0.1) is 23.7 Å². The van der Waals surface area contributed by atoms with Crippen molar-refractivity contribution in [3.05, 3.63) is 35.4 Å². The average Bonchev–Trinajstić information content (AvgIpc) is 2.74. The van der Waals surface area contributed by atoms with Crippen molar-refractivity contribution in [1.82, 2.24) is 0 Å². The van der Waals surface area contributed by atoms with Crippen LogP contribution in [0.4, 0.5) is 0 Å². The predicted octanol–water partition coefficient (Wildman–Crippen LogP) is 7.21. The van der Waals surface area contributed by atoms with Gasteiger partial charge in [0.15, 0.2) is 0 Å². The van der Waals surface area contributed by atoms with E-state index in [4.69, 9.17) is 4.74 Å². The second-order valence-electron chi connectivity index (χ2n) is 9.31. The van der Waals surface area contributed by atoms with Gasteiger partial charge in [-0.15, -0.1) is 0 Å². The number of carbonyl (C=O) groups is 1. The van der Waals surface area contributed by atoms with Gasteiger partial charge in [0.25, 0.3) is 0 Å². The maximum absolute atomic E-state index is 11.8. The molecule has 2 aliphatic carbocycles. The van der Waals surface area contributed by atoms with Crippen molar-refractivity contribution in [3.63, 3.8) is 0 Å². The minimum atomic E-state index is -0.212. The first-order valence-corrected chi connectivity index (χ1v) is 12.0. The third-order valence-electron chi connectivity index (χ3n) is 7.45. The second-order valence-corrected chi connectivity index (χ2v) is 9.31. The summed E-state index contributed by atoms with van der Waals surface area (Å²) in [5.74, 6) is 3.77. The Labute approximate surface area is 172 Å². The molecule has 2 aliphatic rings. The van der Waals surface area contributed by atoms with Crippen LogP contribution >= 0.6 is 0 Å². The maximum Gasteiger partial charge on any atom is 0.338 e. The van der Waals surface area contributed by atoms with Crippen LogP contribution in [0.25, 0.3) is 0 Å². The largest absolute Gasteiger partial charge is 0.462 e. The van der Waals surface area contributed by atoms with Crippen LogP contribution in [0.1, 0.15) is 100 Å². The molecule has 0 spiro atoms. The fraction of sp³-hybridized carbons (Fsp3) is 0.731. The first-order chi connectivity index (χ1) is 13.7. The molecule has 1 aromatic carbocycles. The zero-order valence-electron chi connectivity index (χ0n) is 18.1. The molecule has 0 bridgehead atoms. The Balaban J connectivity index is 1.36. The van der Waals surface area contributed by atoms with Crippen LogP contribution in [0.15, 0.2) is 24.3 Å². The predicted molar refractivity (Wildman–Crippen MR) is 117 cm³/mol. The number of esters is 1. The monoisotopic (exact) mass is 384 g/mol. The number of hydrogen-bond donors (Lipinski definition) is 0. The lowest BCUT2D eigenvalue weighted by molar-refractivity contribution is 0.0526. The Morgan fingerprint density at radius 3 is 1.86 bits per heavy atom. The normalized spacial score (nSPS) is 28.1. The molecule has 2 saturated carbocycles. The lowest BCUT2D eigenvalue weighted by Crippen LogP contribution is -2.26. The number of carbonyl (C=O) groups excluding carboxylic acids is 1. The maximum atomic E-state index is 11.8. The zero-order chi connectivity index (χ0) is 19.8. The Morgan fingerprint density at radius 2 is 1.36 bits per heavy atom. The highest BCUT2D eigenvalue weighted by atomic mass is 16.5. The number of rotatable bonds is 8. The highest BCUT2D eigenvalue weighted by Crippen LogP contribution is 2.42. The Hall–Kier alpha value is -1.31. The molecular formula is C26H40O2. The molecule has 0 N–H and O–H groups in total. The SMILES string of the molecule is CCC[C@H]1CC[C@H](C2CCC(CCc3ccc(C(=O)OCC)cc3)CC2)CC1. The molecule has 1 aromatic rings. The summed E-state index contributed by atoms with van der Waals surface area (Å²) in [5, 5.41) is 0. The van der Waals surface area contributed by atoms with Crippen molar-refractivity contribution in [1.29, 1.82) is 0 Å². The van der Waals surface area contributed by atoms with Gasteiger partial charge < -0.3 is 4.74 Å². The lowest BCUT2D eigenvalue weighted by atomic mass is 9.68. The molecule has 0 saturated heterocycles. The van der Waals surface area contributed by atoms with Crippen molar-refractivity contribution in [2.45, 2.75) is 90.9 Å². The first kappa shape index (κ1) is 21.4. The van der Waals surface area contributed by atoms with E-state index in [1.807, 2.05) is 19.1 Å². The summed E-state index contributed by atoms with van der Waals surface area (Å²) in [7, 11) is 0. The summed E-state index contributed by atoms with van der Waals surface area (Å²) >= 11 is 0. The molecule has 0 amide bonds. The van der Waals surface area contributed by atoms with Crippen LogP contribution in [0.3, 0.4) is 0 Å². The summed E-state index contributed by atoms with van der Waals surface area (Å²) < 4.78 is 5.06. The molecule has 0 radical (unpaired) electrons. The minimum absolute atomic E-state index is 0.212. The molecule has 2 fully saturated rings. The van der Waals surface area contributed by atoms with Crippen LogP contribution < -0.4 is 0 Å². The van der Waals surface area contributed by atoms with Crippen molar-refractivity contribution in [2.24, 2.45) is 23.7 Å². The number of benzene rings is 1. The van der Waals surface area contributed by atoms with Gasteiger partial charge >= 0.3 is 5.97 Å². The summed E-state index contributed by atoms with van der Waals surface area (Å²) in [4.78, 5) is 11.8. The van der Waals surface area contributed by atoms with Gasteiger partial charge in [0.05, 0.1) is 12.2 Å². The van der Waals surface area contributed by atoms with E-state index in [9.17, 15) is 4.79 Å². The van der Waals surface area contributed by atoms with Gasteiger partial charge in [0.2, 0.25) is 0 Å². The molecule has 0 aliphatic heterocycles. The van der Waals surface area contributed by atoms with Crippen molar-refractivity contribution in [2.75, 3.05) is 6.61 Å². The number of ether oxygens (including phenoxy) is 1. The van der Waals surface area contributed by atoms with Gasteiger partial charge in [-0.1, -0.05) is 57.6 Å². The molecule has 2 nitrogen and oxygen atoms in total. The van der Waals surface area contributed by atoms with E-state index in [0.29, 0.717) is 12.2 Å². The Kier molecular flexibility index (Phi) is 8.43. The van der Waals surface area contributed by atoms with Crippen molar-refractivity contribution < 1.29 is 9.53 Å². The van der Waals surface area contributed by atoms with Crippen LogP contribution in [0.5, 0.6) is 0 Å². The fourth-order valence-electron chi connectivity index (χ4n) is 5.70. The topological polar surface area (TPSA) is 26.3 Å². The van der Waals surface area contributed by atoms with Gasteiger partial charge in [0.1, 0.15) is 0 Å². The lowest BCUT2D eigenvalue weighted by Gasteiger charge is -2.38. The third kappa shape index (κ3) is 6.09. The minimum Gasteiger partial charge on any atom is -0.462 e. The van der Waals surface area contributed by atoms with Gasteiger partial charge in [0, 0.05) is 0 Å². The summed E-state index contributed by atoms with van der Waals surface area (Å²) in [6, 6.07) is 8.04. The molecule has 156 valence electrons. The fourth-order valence-corrected chi connectivity index (χ4v) is 5.70. The van der Waals surface area contributed by atoms with E-state index >= 15 is 0 Å². The molecule has 28 heavy (non-hydrogen) atoms. The van der Waals surface area contributed by atoms with E-state index in [1.165, 1.54) is 76.2 Å². The van der Waals surface area contributed by atoms with E-state index < -0.39 is 0 Å². The van der Waals surface area contributed by atoms with Crippen LogP contribution in [0.2, 0.25) is 0 Å². The van der Waals surface area contributed by atoms with E-state index in [1.54, 1.807) is 0 Å². The number of hydrogen-bond acceptors (Lipinski definition) is 2. The second kappa shape index (κ2) is 11.0.